The number of benzene rings is 1. The first kappa shape index (κ1) is 16.5. The van der Waals surface area contributed by atoms with Crippen LogP contribution in [-0.2, 0) is 16.6 Å². The highest BCUT2D eigenvalue weighted by Crippen LogP contribution is 2.21. The van der Waals surface area contributed by atoms with E-state index in [9.17, 15) is 14.7 Å². The van der Waals surface area contributed by atoms with Gasteiger partial charge < -0.3 is 20.3 Å². The van der Waals surface area contributed by atoms with Crippen LogP contribution in [0.15, 0.2) is 30.5 Å². The van der Waals surface area contributed by atoms with Crippen molar-refractivity contribution >= 4 is 22.7 Å². The van der Waals surface area contributed by atoms with Crippen LogP contribution in [0.25, 0.3) is 10.9 Å². The maximum Gasteiger partial charge on any atom is 0.309 e. The smallest absolute Gasteiger partial charge is 0.309 e. The molecule has 6 heteroatoms. The number of carbonyl (C=O) groups is 2. The lowest BCUT2D eigenvalue weighted by atomic mass is 10.1. The van der Waals surface area contributed by atoms with E-state index in [1.807, 2.05) is 42.1 Å². The van der Waals surface area contributed by atoms with Gasteiger partial charge in [0.1, 0.15) is 0 Å². The number of nitrogens with one attached hydrogen (secondary N) is 2. The monoisotopic (exact) mass is 329 g/mol. The van der Waals surface area contributed by atoms with Crippen molar-refractivity contribution in [3.8, 4) is 0 Å². The normalized spacial score (nSPS) is 16.2. The molecule has 3 rings (SSSR count). The molecule has 0 saturated heterocycles. The van der Waals surface area contributed by atoms with E-state index >= 15 is 0 Å². The third-order valence-electron chi connectivity index (χ3n) is 4.65. The van der Waals surface area contributed by atoms with Crippen LogP contribution in [-0.4, -0.2) is 34.1 Å². The Morgan fingerprint density at radius 3 is 2.75 bits per heavy atom. The number of nitrogens with zero attached hydrogens (tertiary/aromatic N) is 1. The molecule has 3 N–H and O–H groups in total. The van der Waals surface area contributed by atoms with Gasteiger partial charge in [0.2, 0.25) is 0 Å². The zero-order chi connectivity index (χ0) is 17.1. The third kappa shape index (κ3) is 3.59. The Labute approximate surface area is 140 Å². The summed E-state index contributed by atoms with van der Waals surface area (Å²) in [6.07, 6.45) is 5.14. The number of carbonyl (C=O) groups excluding carboxylic acids is 2. The van der Waals surface area contributed by atoms with Gasteiger partial charge in [-0.25, -0.2) is 0 Å². The molecule has 6 nitrogen and oxygen atoms in total. The first-order chi connectivity index (χ1) is 11.5. The Bertz CT molecular complexity index is 747. The van der Waals surface area contributed by atoms with Crippen molar-refractivity contribution in [2.75, 3.05) is 6.54 Å². The average Bonchev–Trinajstić information content (AvgIpc) is 3.22. The highest BCUT2D eigenvalue weighted by Gasteiger charge is 2.22. The molecule has 2 aromatic rings. The molecule has 0 bridgehead atoms. The third-order valence-corrected chi connectivity index (χ3v) is 4.65. The molecule has 1 aromatic heterocycles. The highest BCUT2D eigenvalue weighted by atomic mass is 16.3. The second-order valence-corrected chi connectivity index (χ2v) is 6.43. The van der Waals surface area contributed by atoms with Crippen LogP contribution in [0.1, 0.15) is 37.4 Å². The van der Waals surface area contributed by atoms with Crippen molar-refractivity contribution in [3.63, 3.8) is 0 Å². The molecule has 1 unspecified atom stereocenters. The Morgan fingerprint density at radius 1 is 1.25 bits per heavy atom. The van der Waals surface area contributed by atoms with Crippen LogP contribution in [0.3, 0.4) is 0 Å². The molecule has 128 valence electrons. The van der Waals surface area contributed by atoms with Crippen molar-refractivity contribution in [1.29, 1.82) is 0 Å². The minimum atomic E-state index is -0.849. The van der Waals surface area contributed by atoms with Crippen molar-refractivity contribution in [2.24, 2.45) is 7.05 Å². The molecule has 1 aliphatic rings. The molecule has 1 atom stereocenters. The van der Waals surface area contributed by atoms with Gasteiger partial charge in [-0.15, -0.1) is 0 Å². The summed E-state index contributed by atoms with van der Waals surface area (Å²) in [6.45, 7) is 0.00919. The van der Waals surface area contributed by atoms with Gasteiger partial charge in [0.05, 0.1) is 6.10 Å². The Balaban J connectivity index is 1.54. The summed E-state index contributed by atoms with van der Waals surface area (Å²) in [5.41, 5.74) is 1.79. The van der Waals surface area contributed by atoms with E-state index in [0.29, 0.717) is 5.56 Å². The first-order valence-electron chi connectivity index (χ1n) is 8.36. The van der Waals surface area contributed by atoms with Crippen molar-refractivity contribution in [3.05, 3.63) is 36.0 Å². The van der Waals surface area contributed by atoms with Gasteiger partial charge >= 0.3 is 11.8 Å². The van der Waals surface area contributed by atoms with Gasteiger partial charge in [-0.3, -0.25) is 9.59 Å². The summed E-state index contributed by atoms with van der Waals surface area (Å²) in [5.74, 6) is -1.31. The topological polar surface area (TPSA) is 83.4 Å². The Kier molecular flexibility index (Phi) is 4.85. The molecule has 1 aromatic carbocycles. The number of aliphatic hydroxyl groups excluding tert-OH is 1. The Hall–Kier alpha value is -2.34. The molecule has 1 aliphatic carbocycles. The number of amides is 2. The molecule has 1 fully saturated rings. The fourth-order valence-electron chi connectivity index (χ4n) is 3.22. The van der Waals surface area contributed by atoms with Crippen LogP contribution >= 0.6 is 0 Å². The number of fused-ring (bicyclic) bond motifs is 1. The zero-order valence-electron chi connectivity index (χ0n) is 13.8. The minimum absolute atomic E-state index is 0.00919. The molecule has 0 spiro atoms. The highest BCUT2D eigenvalue weighted by molar-refractivity contribution is 6.35. The van der Waals surface area contributed by atoms with E-state index in [1.54, 1.807) is 0 Å². The van der Waals surface area contributed by atoms with Crippen LogP contribution in [0.2, 0.25) is 0 Å². The predicted molar refractivity (Wildman–Crippen MR) is 91.3 cm³/mol. The van der Waals surface area contributed by atoms with Crippen molar-refractivity contribution in [2.45, 2.75) is 37.8 Å². The summed E-state index contributed by atoms with van der Waals surface area (Å²) in [6, 6.07) is 7.73. The molecule has 0 radical (unpaired) electrons. The van der Waals surface area contributed by atoms with Crippen LogP contribution in [0.5, 0.6) is 0 Å². The van der Waals surface area contributed by atoms with E-state index in [4.69, 9.17) is 0 Å². The van der Waals surface area contributed by atoms with E-state index in [2.05, 4.69) is 10.6 Å². The van der Waals surface area contributed by atoms with Gasteiger partial charge in [0, 0.05) is 31.3 Å². The quantitative estimate of drug-likeness (QED) is 0.741. The van der Waals surface area contributed by atoms with Crippen molar-refractivity contribution < 1.29 is 14.7 Å². The van der Waals surface area contributed by atoms with Crippen LogP contribution < -0.4 is 10.6 Å². The number of aromatic nitrogens is 1. The van der Waals surface area contributed by atoms with E-state index < -0.39 is 17.9 Å². The first-order valence-corrected chi connectivity index (χ1v) is 8.36. The zero-order valence-corrected chi connectivity index (χ0v) is 13.8. The van der Waals surface area contributed by atoms with Gasteiger partial charge in [0.15, 0.2) is 0 Å². The molecule has 1 saturated carbocycles. The maximum atomic E-state index is 11.8. The number of aryl methyl sites for hydroxylation is 1. The lowest BCUT2D eigenvalue weighted by Gasteiger charge is -2.14. The number of hydrogen-bond acceptors (Lipinski definition) is 3. The molecule has 24 heavy (non-hydrogen) atoms. The fourth-order valence-corrected chi connectivity index (χ4v) is 3.22. The second-order valence-electron chi connectivity index (χ2n) is 6.43. The number of rotatable bonds is 4. The standard InChI is InChI=1S/C18H23N3O3/c1-21-9-8-12-10-13(6-7-15(12)21)16(22)11-19-17(23)18(24)20-14-4-2-3-5-14/h6-10,14,16,22H,2-5,11H2,1H3,(H,19,23)(H,20,24). The van der Waals surface area contributed by atoms with Gasteiger partial charge in [-0.2, -0.15) is 0 Å². The molecular weight excluding hydrogens is 306 g/mol. The number of hydrogen-bond donors (Lipinski definition) is 3. The summed E-state index contributed by atoms with van der Waals surface area (Å²) in [5, 5.41) is 16.5. The summed E-state index contributed by atoms with van der Waals surface area (Å²) in [7, 11) is 1.96. The van der Waals surface area contributed by atoms with E-state index in [-0.39, 0.29) is 12.6 Å². The molecule has 0 aliphatic heterocycles. The number of aliphatic hydroxyl groups is 1. The molecular formula is C18H23N3O3. The lowest BCUT2D eigenvalue weighted by Crippen LogP contribution is -2.44. The Morgan fingerprint density at radius 2 is 2.00 bits per heavy atom. The van der Waals surface area contributed by atoms with Gasteiger partial charge in [0.25, 0.3) is 0 Å². The minimum Gasteiger partial charge on any atom is -0.387 e. The average molecular weight is 329 g/mol. The van der Waals surface area contributed by atoms with E-state index in [0.717, 1.165) is 36.6 Å². The van der Waals surface area contributed by atoms with Crippen LogP contribution in [0.4, 0.5) is 0 Å². The predicted octanol–water partition coefficient (Wildman–Crippen LogP) is 1.39. The van der Waals surface area contributed by atoms with Crippen LogP contribution in [0, 0.1) is 0 Å². The SMILES string of the molecule is Cn1ccc2cc(C(O)CNC(=O)C(=O)NC3CCCC3)ccc21. The second kappa shape index (κ2) is 7.05. The van der Waals surface area contributed by atoms with Gasteiger partial charge in [-0.05, 0) is 42.0 Å². The summed E-state index contributed by atoms with van der Waals surface area (Å²) < 4.78 is 2.00. The summed E-state index contributed by atoms with van der Waals surface area (Å²) in [4.78, 5) is 23.7. The molecule has 1 heterocycles. The van der Waals surface area contributed by atoms with Gasteiger partial charge in [-0.1, -0.05) is 18.9 Å². The van der Waals surface area contributed by atoms with Crippen molar-refractivity contribution in [1.82, 2.24) is 15.2 Å². The fraction of sp³-hybridized carbons (Fsp3) is 0.444. The van der Waals surface area contributed by atoms with E-state index in [1.165, 1.54) is 0 Å². The maximum absolute atomic E-state index is 11.8. The molecule has 2 amide bonds. The largest absolute Gasteiger partial charge is 0.387 e. The summed E-state index contributed by atoms with van der Waals surface area (Å²) >= 11 is 0. The lowest BCUT2D eigenvalue weighted by molar-refractivity contribution is -0.139.